The highest BCUT2D eigenvalue weighted by Crippen LogP contribution is 2.14. The lowest BCUT2D eigenvalue weighted by Crippen LogP contribution is -2.24. The Kier molecular flexibility index (Phi) is 4.93. The second-order valence-corrected chi connectivity index (χ2v) is 6.23. The van der Waals surface area contributed by atoms with Crippen molar-refractivity contribution in [1.29, 1.82) is 0 Å². The van der Waals surface area contributed by atoms with E-state index in [1.54, 1.807) is 54.6 Å². The number of aromatic nitrogens is 6. The van der Waals surface area contributed by atoms with Crippen LogP contribution in [0.2, 0.25) is 0 Å². The number of hydrogen-bond acceptors (Lipinski definition) is 7. The minimum absolute atomic E-state index is 0. The van der Waals surface area contributed by atoms with Crippen molar-refractivity contribution < 1.29 is 6.22 Å². The maximum absolute atomic E-state index is 12.7. The van der Waals surface area contributed by atoms with Gasteiger partial charge in [-0.1, -0.05) is 12.1 Å². The largest absolute Gasteiger partial charge is 0.348 e. The van der Waals surface area contributed by atoms with Crippen LogP contribution in [0.4, 0.5) is 5.95 Å². The number of rotatable bonds is 6. The number of nitrogens with one attached hydrogen (secondary N) is 1. The molecule has 4 aromatic rings. The molecule has 0 aliphatic rings. The molecule has 4 rings (SSSR count). The number of anilines is 1. The van der Waals surface area contributed by atoms with Gasteiger partial charge in [-0.2, -0.15) is 5.10 Å². The van der Waals surface area contributed by atoms with Gasteiger partial charge in [0.25, 0.3) is 5.56 Å². The van der Waals surface area contributed by atoms with Crippen molar-refractivity contribution in [1.82, 2.24) is 29.3 Å². The summed E-state index contributed by atoms with van der Waals surface area (Å²) in [6.45, 7) is -0.0178. The number of nitrogens with zero attached hydrogens (tertiary/aromatic N) is 6. The Labute approximate surface area is 167 Å². The van der Waals surface area contributed by atoms with Crippen molar-refractivity contribution in [3.8, 4) is 17.1 Å². The zero-order chi connectivity index (χ0) is 20.2. The molecule has 0 fully saturated rings. The van der Waals surface area contributed by atoms with E-state index >= 15 is 0 Å². The number of carbonyl (C=O) groups is 1. The summed E-state index contributed by atoms with van der Waals surface area (Å²) < 4.78 is 3.03. The SMILES string of the molecule is Cn1c(NCC(=O)c2cccc(-n3cccn3)c2)nc(-c2ccncn2)cc1=O.[HH]. The molecule has 0 amide bonds. The number of carbonyl (C=O) groups excluding carboxylic acids is 1. The molecule has 3 heterocycles. The van der Waals surface area contributed by atoms with Crippen LogP contribution in [0.25, 0.3) is 17.1 Å². The van der Waals surface area contributed by atoms with Crippen LogP contribution >= 0.6 is 0 Å². The topological polar surface area (TPSA) is 108 Å². The molecule has 0 unspecified atom stereocenters. The van der Waals surface area contributed by atoms with Crippen molar-refractivity contribution in [2.24, 2.45) is 7.05 Å². The van der Waals surface area contributed by atoms with Crippen LogP contribution < -0.4 is 10.9 Å². The van der Waals surface area contributed by atoms with Gasteiger partial charge in [-0.3, -0.25) is 14.2 Å². The quantitative estimate of drug-likeness (QED) is 0.502. The van der Waals surface area contributed by atoms with E-state index in [0.29, 0.717) is 17.0 Å². The molecule has 9 heteroatoms. The van der Waals surface area contributed by atoms with E-state index in [9.17, 15) is 9.59 Å². The highest BCUT2D eigenvalue weighted by atomic mass is 16.1. The Morgan fingerprint density at radius 3 is 2.79 bits per heavy atom. The molecule has 146 valence electrons. The lowest BCUT2D eigenvalue weighted by Gasteiger charge is -2.11. The highest BCUT2D eigenvalue weighted by molar-refractivity contribution is 5.99. The predicted molar refractivity (Wildman–Crippen MR) is 109 cm³/mol. The summed E-state index contributed by atoms with van der Waals surface area (Å²) in [5.74, 6) is 0.142. The molecule has 0 spiro atoms. The monoisotopic (exact) mass is 389 g/mol. The van der Waals surface area contributed by atoms with Crippen molar-refractivity contribution in [2.45, 2.75) is 0 Å². The molecular formula is C20H19N7O2. The lowest BCUT2D eigenvalue weighted by molar-refractivity contribution is 0.101. The number of Topliss-reactive ketones (excluding diaryl/α,β-unsaturated/α-hetero) is 1. The first kappa shape index (κ1) is 18.2. The average molecular weight is 389 g/mol. The molecule has 3 aromatic heterocycles. The van der Waals surface area contributed by atoms with Crippen molar-refractivity contribution in [2.75, 3.05) is 11.9 Å². The number of hydrogen-bond donors (Lipinski definition) is 1. The second-order valence-electron chi connectivity index (χ2n) is 6.23. The van der Waals surface area contributed by atoms with Gasteiger partial charge in [-0.05, 0) is 24.3 Å². The van der Waals surface area contributed by atoms with Gasteiger partial charge in [-0.15, -0.1) is 0 Å². The van der Waals surface area contributed by atoms with Gasteiger partial charge >= 0.3 is 0 Å². The van der Waals surface area contributed by atoms with Crippen LogP contribution in [0.15, 0.2) is 72.2 Å². The fraction of sp³-hybridized carbons (Fsp3) is 0.100. The third kappa shape index (κ3) is 3.93. The van der Waals surface area contributed by atoms with Gasteiger partial charge in [0.15, 0.2) is 5.78 Å². The molecule has 0 saturated carbocycles. The molecule has 1 N–H and O–H groups in total. The lowest BCUT2D eigenvalue weighted by atomic mass is 10.1. The van der Waals surface area contributed by atoms with Crippen LogP contribution in [0.5, 0.6) is 0 Å². The zero-order valence-corrected chi connectivity index (χ0v) is 15.6. The summed E-state index contributed by atoms with van der Waals surface area (Å²) in [4.78, 5) is 37.3. The first-order chi connectivity index (χ1) is 14.1. The molecule has 0 saturated heterocycles. The van der Waals surface area contributed by atoms with E-state index in [2.05, 4.69) is 25.4 Å². The summed E-state index contributed by atoms with van der Waals surface area (Å²) in [6, 6.07) is 12.0. The second kappa shape index (κ2) is 7.85. The summed E-state index contributed by atoms with van der Waals surface area (Å²) in [6.07, 6.45) is 6.44. The van der Waals surface area contributed by atoms with Crippen LogP contribution in [-0.4, -0.2) is 41.6 Å². The Balaban J connectivity index is 0.00000256. The average Bonchev–Trinajstić information content (AvgIpc) is 3.30. The maximum Gasteiger partial charge on any atom is 0.255 e. The number of benzene rings is 1. The Hall–Kier alpha value is -4.14. The molecule has 9 nitrogen and oxygen atoms in total. The van der Waals surface area contributed by atoms with E-state index in [4.69, 9.17) is 0 Å². The van der Waals surface area contributed by atoms with E-state index in [1.165, 1.54) is 17.0 Å². The molecule has 0 radical (unpaired) electrons. The fourth-order valence-electron chi connectivity index (χ4n) is 2.78. The summed E-state index contributed by atoms with van der Waals surface area (Å²) in [5.41, 5.74) is 1.99. The molecule has 0 aliphatic heterocycles. The normalized spacial score (nSPS) is 10.7. The van der Waals surface area contributed by atoms with Crippen molar-refractivity contribution in [3.05, 3.63) is 83.3 Å². The van der Waals surface area contributed by atoms with Gasteiger partial charge in [0.05, 0.1) is 23.6 Å². The van der Waals surface area contributed by atoms with E-state index in [0.717, 1.165) is 5.69 Å². The smallest absolute Gasteiger partial charge is 0.255 e. The van der Waals surface area contributed by atoms with Crippen LogP contribution in [0.3, 0.4) is 0 Å². The first-order valence-corrected chi connectivity index (χ1v) is 8.83. The Morgan fingerprint density at radius 2 is 2.03 bits per heavy atom. The molecule has 1 aromatic carbocycles. The standard InChI is InChI=1S/C20H17N7O2.H2/c1-26-19(29)11-17(16-6-8-21-13-23-16)25-20(26)22-12-18(28)14-4-2-5-15(10-14)27-9-3-7-24-27;/h2-11,13H,12H2,1H3,(H,22,25);1H. The molecule has 29 heavy (non-hydrogen) atoms. The predicted octanol–water partition coefficient (Wildman–Crippen LogP) is 1.96. The number of ketones is 1. The van der Waals surface area contributed by atoms with Crippen molar-refractivity contribution in [3.63, 3.8) is 0 Å². The van der Waals surface area contributed by atoms with Crippen LogP contribution in [0.1, 0.15) is 11.8 Å². The third-order valence-corrected chi connectivity index (χ3v) is 4.32. The van der Waals surface area contributed by atoms with Crippen LogP contribution in [-0.2, 0) is 7.05 Å². The summed E-state index contributed by atoms with van der Waals surface area (Å²) in [5, 5.41) is 7.12. The molecular weight excluding hydrogens is 370 g/mol. The van der Waals surface area contributed by atoms with Crippen LogP contribution in [0, 0.1) is 0 Å². The van der Waals surface area contributed by atoms with Gasteiger partial charge in [0, 0.05) is 38.7 Å². The van der Waals surface area contributed by atoms with E-state index in [-0.39, 0.29) is 25.3 Å². The Bertz CT molecular complexity index is 1210. The van der Waals surface area contributed by atoms with E-state index in [1.807, 2.05) is 12.1 Å². The summed E-state index contributed by atoms with van der Waals surface area (Å²) in [7, 11) is 1.59. The fourth-order valence-corrected chi connectivity index (χ4v) is 2.78. The van der Waals surface area contributed by atoms with Gasteiger partial charge in [0.2, 0.25) is 5.95 Å². The summed E-state index contributed by atoms with van der Waals surface area (Å²) >= 11 is 0. The van der Waals surface area contributed by atoms with Gasteiger partial charge in [0.1, 0.15) is 6.33 Å². The Morgan fingerprint density at radius 1 is 1.14 bits per heavy atom. The minimum Gasteiger partial charge on any atom is -0.348 e. The van der Waals surface area contributed by atoms with Crippen molar-refractivity contribution >= 4 is 11.7 Å². The van der Waals surface area contributed by atoms with E-state index < -0.39 is 0 Å². The molecule has 0 atom stereocenters. The molecule has 0 aliphatic carbocycles. The maximum atomic E-state index is 12.7. The molecule has 0 bridgehead atoms. The zero-order valence-electron chi connectivity index (χ0n) is 15.6. The third-order valence-electron chi connectivity index (χ3n) is 4.32. The minimum atomic E-state index is -0.260. The van der Waals surface area contributed by atoms with Gasteiger partial charge < -0.3 is 5.32 Å². The highest BCUT2D eigenvalue weighted by Gasteiger charge is 2.12. The first-order valence-electron chi connectivity index (χ1n) is 8.83. The van der Waals surface area contributed by atoms with Gasteiger partial charge in [-0.25, -0.2) is 19.6 Å².